The number of hydrogen-bond donors (Lipinski definition) is 1. The van der Waals surface area contributed by atoms with E-state index in [1.165, 1.54) is 20.3 Å². The van der Waals surface area contributed by atoms with E-state index in [2.05, 4.69) is 5.32 Å². The first kappa shape index (κ1) is 24.7. The second-order valence-electron chi connectivity index (χ2n) is 7.01. The van der Waals surface area contributed by atoms with E-state index in [-0.39, 0.29) is 32.1 Å². The van der Waals surface area contributed by atoms with Crippen molar-refractivity contribution < 1.29 is 22.7 Å². The van der Waals surface area contributed by atoms with E-state index in [4.69, 9.17) is 32.7 Å². The van der Waals surface area contributed by atoms with Crippen molar-refractivity contribution >= 4 is 50.5 Å². The van der Waals surface area contributed by atoms with Gasteiger partial charge in [-0.3, -0.25) is 9.10 Å². The summed E-state index contributed by atoms with van der Waals surface area (Å²) in [6.45, 7) is 1.25. The van der Waals surface area contributed by atoms with Crippen molar-refractivity contribution in [3.8, 4) is 11.5 Å². The molecule has 174 valence electrons. The maximum atomic E-state index is 13.7. The molecule has 0 atom stereocenters. The molecule has 3 rings (SSSR count). The van der Waals surface area contributed by atoms with Crippen LogP contribution >= 0.6 is 23.2 Å². The topological polar surface area (TPSA) is 84.9 Å². The molecule has 1 amide bonds. The zero-order valence-corrected chi connectivity index (χ0v) is 20.5. The number of nitrogens with one attached hydrogen (secondary N) is 1. The summed E-state index contributed by atoms with van der Waals surface area (Å²) in [5.74, 6) is 0.0991. The molecule has 0 aliphatic heterocycles. The van der Waals surface area contributed by atoms with Crippen LogP contribution in [0.5, 0.6) is 11.5 Å². The Kier molecular flexibility index (Phi) is 7.73. The molecule has 0 radical (unpaired) electrons. The number of methoxy groups -OCH3 is 2. The van der Waals surface area contributed by atoms with Crippen molar-refractivity contribution in [1.82, 2.24) is 0 Å². The number of amides is 1. The van der Waals surface area contributed by atoms with E-state index in [0.29, 0.717) is 5.75 Å². The van der Waals surface area contributed by atoms with Crippen LogP contribution in [0.2, 0.25) is 10.0 Å². The maximum Gasteiger partial charge on any atom is 0.268 e. The van der Waals surface area contributed by atoms with Gasteiger partial charge in [-0.25, -0.2) is 8.42 Å². The molecule has 33 heavy (non-hydrogen) atoms. The van der Waals surface area contributed by atoms with Crippen molar-refractivity contribution in [1.29, 1.82) is 0 Å². The lowest BCUT2D eigenvalue weighted by Crippen LogP contribution is -2.38. The Labute approximate surface area is 202 Å². The Bertz CT molecular complexity index is 1260. The van der Waals surface area contributed by atoms with Crippen molar-refractivity contribution in [2.24, 2.45) is 0 Å². The molecule has 0 saturated heterocycles. The van der Waals surface area contributed by atoms with Gasteiger partial charge in [-0.15, -0.1) is 0 Å². The van der Waals surface area contributed by atoms with Crippen LogP contribution in [0.15, 0.2) is 65.6 Å². The van der Waals surface area contributed by atoms with Gasteiger partial charge in [0, 0.05) is 0 Å². The molecular weight excluding hydrogens is 487 g/mol. The van der Waals surface area contributed by atoms with Gasteiger partial charge in [-0.05, 0) is 61.0 Å². The third kappa shape index (κ3) is 5.52. The Morgan fingerprint density at radius 2 is 1.70 bits per heavy atom. The van der Waals surface area contributed by atoms with Gasteiger partial charge in [0.1, 0.15) is 22.9 Å². The summed E-state index contributed by atoms with van der Waals surface area (Å²) in [6.07, 6.45) is 0. The Hall–Kier alpha value is -2.94. The van der Waals surface area contributed by atoms with Crippen molar-refractivity contribution in [3.63, 3.8) is 0 Å². The minimum Gasteiger partial charge on any atom is -0.497 e. The lowest BCUT2D eigenvalue weighted by atomic mass is 10.2. The first-order chi connectivity index (χ1) is 15.7. The normalized spacial score (nSPS) is 11.1. The van der Waals surface area contributed by atoms with Gasteiger partial charge in [-0.2, -0.15) is 0 Å². The fourth-order valence-corrected chi connectivity index (χ4v) is 5.10. The van der Waals surface area contributed by atoms with Crippen LogP contribution in [0.4, 0.5) is 11.4 Å². The summed E-state index contributed by atoms with van der Waals surface area (Å²) in [5.41, 5.74) is 1.26. The van der Waals surface area contributed by atoms with Crippen LogP contribution in [0.3, 0.4) is 0 Å². The molecule has 3 aromatic carbocycles. The molecule has 0 bridgehead atoms. The highest BCUT2D eigenvalue weighted by Gasteiger charge is 2.30. The summed E-state index contributed by atoms with van der Waals surface area (Å²) in [5, 5.41) is 3.04. The quantitative estimate of drug-likeness (QED) is 0.454. The predicted molar refractivity (Wildman–Crippen MR) is 130 cm³/mol. The lowest BCUT2D eigenvalue weighted by Gasteiger charge is -2.25. The number of anilines is 2. The molecule has 0 saturated carbocycles. The maximum absolute atomic E-state index is 13.7. The van der Waals surface area contributed by atoms with Gasteiger partial charge >= 0.3 is 0 Å². The molecule has 0 spiro atoms. The van der Waals surface area contributed by atoms with E-state index < -0.39 is 22.5 Å². The molecule has 0 heterocycles. The van der Waals surface area contributed by atoms with Crippen LogP contribution in [-0.4, -0.2) is 35.1 Å². The Morgan fingerprint density at radius 1 is 1.00 bits per heavy atom. The van der Waals surface area contributed by atoms with Crippen LogP contribution < -0.4 is 19.1 Å². The predicted octanol–water partition coefficient (Wildman–Crippen LogP) is 5.15. The number of hydrogen-bond acceptors (Lipinski definition) is 5. The monoisotopic (exact) mass is 508 g/mol. The standard InChI is InChI=1S/C23H22Cl2N2O5S/c1-15-7-12-20(32-3)21(13-15)33(29,30)27(16-8-10-17(31-2)11-9-16)14-22(28)26-19-6-4-5-18(24)23(19)25/h4-13H,14H2,1-3H3,(H,26,28). The minimum absolute atomic E-state index is 0.0607. The smallest absolute Gasteiger partial charge is 0.268 e. The zero-order valence-electron chi connectivity index (χ0n) is 18.1. The fraction of sp³-hybridized carbons (Fsp3) is 0.174. The summed E-state index contributed by atoms with van der Waals surface area (Å²) in [4.78, 5) is 12.8. The highest BCUT2D eigenvalue weighted by atomic mass is 35.5. The second-order valence-corrected chi connectivity index (χ2v) is 9.63. The number of carbonyl (C=O) groups excluding carboxylic acids is 1. The number of benzene rings is 3. The Morgan fingerprint density at radius 3 is 2.33 bits per heavy atom. The van der Waals surface area contributed by atoms with Crippen LogP contribution in [0.1, 0.15) is 5.56 Å². The molecule has 10 heteroatoms. The van der Waals surface area contributed by atoms with Crippen molar-refractivity contribution in [3.05, 3.63) is 76.3 Å². The molecule has 0 aliphatic carbocycles. The molecule has 0 aromatic heterocycles. The molecule has 0 fully saturated rings. The van der Waals surface area contributed by atoms with E-state index in [9.17, 15) is 13.2 Å². The second kappa shape index (κ2) is 10.3. The van der Waals surface area contributed by atoms with Crippen LogP contribution in [0, 0.1) is 6.92 Å². The van der Waals surface area contributed by atoms with Crippen molar-refractivity contribution in [2.45, 2.75) is 11.8 Å². The summed E-state index contributed by atoms with van der Waals surface area (Å²) < 4.78 is 38.9. The van der Waals surface area contributed by atoms with Gasteiger partial charge < -0.3 is 14.8 Å². The molecule has 0 aliphatic rings. The van der Waals surface area contributed by atoms with Gasteiger partial charge in [0.05, 0.1) is 35.6 Å². The molecule has 7 nitrogen and oxygen atoms in total. The third-order valence-electron chi connectivity index (χ3n) is 4.76. The van der Waals surface area contributed by atoms with E-state index in [1.54, 1.807) is 61.5 Å². The number of nitrogens with zero attached hydrogens (tertiary/aromatic N) is 1. The lowest BCUT2D eigenvalue weighted by molar-refractivity contribution is -0.114. The van der Waals surface area contributed by atoms with Crippen molar-refractivity contribution in [2.75, 3.05) is 30.4 Å². The number of carbonyl (C=O) groups is 1. The van der Waals surface area contributed by atoms with Gasteiger partial charge in [0.25, 0.3) is 10.0 Å². The summed E-state index contributed by atoms with van der Waals surface area (Å²) in [6, 6.07) is 15.9. The average molecular weight is 509 g/mol. The SMILES string of the molecule is COc1ccc(N(CC(=O)Nc2cccc(Cl)c2Cl)S(=O)(=O)c2cc(C)ccc2OC)cc1. The van der Waals surface area contributed by atoms with E-state index in [0.717, 1.165) is 9.87 Å². The minimum atomic E-state index is -4.20. The molecule has 0 unspecified atom stereocenters. The highest BCUT2D eigenvalue weighted by Crippen LogP contribution is 2.33. The van der Waals surface area contributed by atoms with E-state index >= 15 is 0 Å². The first-order valence-electron chi connectivity index (χ1n) is 9.72. The number of aryl methyl sites for hydroxylation is 1. The van der Waals surface area contributed by atoms with Gasteiger partial charge in [-0.1, -0.05) is 35.3 Å². The van der Waals surface area contributed by atoms with E-state index in [1.807, 2.05) is 0 Å². The van der Waals surface area contributed by atoms with Gasteiger partial charge in [0.15, 0.2) is 0 Å². The Balaban J connectivity index is 2.03. The third-order valence-corrected chi connectivity index (χ3v) is 7.37. The number of rotatable bonds is 8. The zero-order chi connectivity index (χ0) is 24.2. The number of halogens is 2. The highest BCUT2D eigenvalue weighted by molar-refractivity contribution is 7.93. The molecule has 1 N–H and O–H groups in total. The van der Waals surface area contributed by atoms with Crippen LogP contribution in [-0.2, 0) is 14.8 Å². The number of ether oxygens (including phenoxy) is 2. The largest absolute Gasteiger partial charge is 0.497 e. The molecular formula is C23H22Cl2N2O5S. The summed E-state index contributed by atoms with van der Waals surface area (Å²) in [7, 11) is -1.31. The molecule has 3 aromatic rings. The average Bonchev–Trinajstić information content (AvgIpc) is 2.80. The van der Waals surface area contributed by atoms with Crippen LogP contribution in [0.25, 0.3) is 0 Å². The summed E-state index contributed by atoms with van der Waals surface area (Å²) >= 11 is 12.2. The van der Waals surface area contributed by atoms with Gasteiger partial charge in [0.2, 0.25) is 5.91 Å². The number of sulfonamides is 1. The fourth-order valence-electron chi connectivity index (χ4n) is 3.09. The first-order valence-corrected chi connectivity index (χ1v) is 11.9.